The first-order chi connectivity index (χ1) is 21.6. The Morgan fingerprint density at radius 1 is 1.13 bits per heavy atom. The van der Waals surface area contributed by atoms with Crippen LogP contribution in [0.25, 0.3) is 10.9 Å². The lowest BCUT2D eigenvalue weighted by atomic mass is 10.2. The molecule has 5 rings (SSSR count). The minimum atomic E-state index is -0.493. The highest BCUT2D eigenvalue weighted by molar-refractivity contribution is 6.32. The number of fused-ring (bicyclic) bond motifs is 1. The number of imidazole rings is 1. The zero-order valence-electron chi connectivity index (χ0n) is 25.1. The molecule has 238 valence electrons. The fraction of sp³-hybridized carbons (Fsp3) is 0.200. The number of halogens is 2. The summed E-state index contributed by atoms with van der Waals surface area (Å²) in [5.41, 5.74) is 2.53. The standard InChI is InChI=1S/C30H29ClN10O4.BrH/c1-39-19-36-30(40(43)44)25(39)16-41(2,3)12-6-8-28(42)38-27-14-22-24(15-33-27)34-18-35-29(22)37-20-9-10-26(23(31)13-20)45-17-21-7-4-5-11-32-21;/h4-11,13-15,18-19H,12,16-17H2,1-3H3,(H-,33,34,35,37,38,42);1H/b8-6+;. The number of pyridine rings is 2. The van der Waals surface area contributed by atoms with Gasteiger partial charge in [0.15, 0.2) is 5.69 Å². The van der Waals surface area contributed by atoms with Gasteiger partial charge in [0.1, 0.15) is 36.9 Å². The van der Waals surface area contributed by atoms with Gasteiger partial charge in [-0.2, -0.15) is 0 Å². The number of likely N-dealkylation sites (N-methyl/N-ethyl adjacent to an activating group) is 1. The van der Waals surface area contributed by atoms with Crippen molar-refractivity contribution in [2.45, 2.75) is 13.2 Å². The lowest BCUT2D eigenvalue weighted by molar-refractivity contribution is -0.898. The molecule has 0 atom stereocenters. The third kappa shape index (κ3) is 8.59. The fourth-order valence-electron chi connectivity index (χ4n) is 4.46. The smallest absolute Gasteiger partial charge is 0.390 e. The van der Waals surface area contributed by atoms with E-state index < -0.39 is 4.92 Å². The van der Waals surface area contributed by atoms with E-state index in [1.807, 2.05) is 38.4 Å². The highest BCUT2D eigenvalue weighted by Gasteiger charge is 2.27. The molecule has 1 amide bonds. The molecule has 0 fully saturated rings. The van der Waals surface area contributed by atoms with Crippen molar-refractivity contribution < 1.29 is 35.9 Å². The van der Waals surface area contributed by atoms with Crippen LogP contribution >= 0.6 is 11.6 Å². The molecule has 2 N–H and O–H groups in total. The van der Waals surface area contributed by atoms with Crippen LogP contribution in [0.2, 0.25) is 5.02 Å². The molecule has 0 aliphatic carbocycles. The van der Waals surface area contributed by atoms with Crippen molar-refractivity contribution in [2.24, 2.45) is 7.05 Å². The Balaban J connectivity index is 0.00000480. The second-order valence-electron chi connectivity index (χ2n) is 10.7. The monoisotopic (exact) mass is 708 g/mol. The number of amides is 1. The molecule has 0 spiro atoms. The Bertz CT molecular complexity index is 1880. The predicted molar refractivity (Wildman–Crippen MR) is 169 cm³/mol. The van der Waals surface area contributed by atoms with Crippen molar-refractivity contribution in [1.29, 1.82) is 0 Å². The van der Waals surface area contributed by atoms with E-state index in [1.165, 1.54) is 18.7 Å². The van der Waals surface area contributed by atoms with Crippen LogP contribution in [0.15, 0.2) is 79.7 Å². The van der Waals surface area contributed by atoms with Gasteiger partial charge in [-0.15, -0.1) is 0 Å². The number of quaternary nitrogens is 1. The van der Waals surface area contributed by atoms with Gasteiger partial charge in [0.05, 0.1) is 43.1 Å². The maximum Gasteiger partial charge on any atom is 0.390 e. The number of rotatable bonds is 12. The lowest BCUT2D eigenvalue weighted by Gasteiger charge is -2.27. The van der Waals surface area contributed by atoms with E-state index in [-0.39, 0.29) is 35.3 Å². The largest absolute Gasteiger partial charge is 1.00 e. The molecule has 16 heteroatoms. The molecule has 0 aliphatic rings. The van der Waals surface area contributed by atoms with Gasteiger partial charge < -0.3 is 51.5 Å². The van der Waals surface area contributed by atoms with Crippen LogP contribution in [0.5, 0.6) is 5.75 Å². The summed E-state index contributed by atoms with van der Waals surface area (Å²) in [5, 5.41) is 18.4. The third-order valence-electron chi connectivity index (χ3n) is 6.73. The number of anilines is 3. The van der Waals surface area contributed by atoms with E-state index in [2.05, 4.69) is 35.6 Å². The molecule has 0 saturated carbocycles. The molecule has 14 nitrogen and oxygen atoms in total. The number of nitro groups is 1. The molecule has 5 aromatic rings. The van der Waals surface area contributed by atoms with Gasteiger partial charge in [-0.25, -0.2) is 15.0 Å². The normalized spacial score (nSPS) is 11.3. The number of hydrogen-bond donors (Lipinski definition) is 2. The van der Waals surface area contributed by atoms with Gasteiger partial charge in [-0.05, 0) is 52.4 Å². The van der Waals surface area contributed by atoms with Crippen LogP contribution in [0.1, 0.15) is 11.4 Å². The molecule has 46 heavy (non-hydrogen) atoms. The Hall–Kier alpha value is -4.99. The van der Waals surface area contributed by atoms with Crippen LogP contribution in [0.3, 0.4) is 0 Å². The second-order valence-corrected chi connectivity index (χ2v) is 11.1. The Labute approximate surface area is 279 Å². The summed E-state index contributed by atoms with van der Waals surface area (Å²) in [6.07, 6.45) is 9.20. The van der Waals surface area contributed by atoms with Crippen LogP contribution < -0.4 is 32.4 Å². The summed E-state index contributed by atoms with van der Waals surface area (Å²) in [6.45, 7) is 1.08. The lowest BCUT2D eigenvalue weighted by Crippen LogP contribution is -3.00. The second kappa shape index (κ2) is 14.9. The van der Waals surface area contributed by atoms with Gasteiger partial charge >= 0.3 is 5.82 Å². The Morgan fingerprint density at radius 3 is 2.70 bits per heavy atom. The highest BCUT2D eigenvalue weighted by Crippen LogP contribution is 2.31. The van der Waals surface area contributed by atoms with E-state index in [4.69, 9.17) is 16.3 Å². The van der Waals surface area contributed by atoms with E-state index in [0.717, 1.165) is 5.69 Å². The summed E-state index contributed by atoms with van der Waals surface area (Å²) >= 11 is 6.48. The number of benzene rings is 1. The van der Waals surface area contributed by atoms with Crippen molar-refractivity contribution in [1.82, 2.24) is 29.5 Å². The van der Waals surface area contributed by atoms with Crippen molar-refractivity contribution in [3.05, 3.63) is 106 Å². The van der Waals surface area contributed by atoms with Crippen LogP contribution in [-0.4, -0.2) is 65.4 Å². The predicted octanol–water partition coefficient (Wildman–Crippen LogP) is 1.81. The summed E-state index contributed by atoms with van der Waals surface area (Å²) in [5.74, 6) is 0.771. The van der Waals surface area contributed by atoms with Crippen molar-refractivity contribution in [3.63, 3.8) is 0 Å². The van der Waals surface area contributed by atoms with Crippen LogP contribution in [0, 0.1) is 10.1 Å². The van der Waals surface area contributed by atoms with Gasteiger partial charge in [-0.3, -0.25) is 9.78 Å². The number of ether oxygens (including phenoxy) is 1. The molecule has 4 heterocycles. The van der Waals surface area contributed by atoms with Crippen molar-refractivity contribution >= 4 is 51.6 Å². The SMILES string of the molecule is Cn1cnc([N+](=O)[O-])c1C[N+](C)(C)C/C=C/C(=O)Nc1cc2c(Nc3ccc(OCc4ccccn4)c(Cl)c3)ncnc2cn1.[Br-]. The first-order valence-corrected chi connectivity index (χ1v) is 14.1. The minimum Gasteiger partial charge on any atom is -1.00 e. The van der Waals surface area contributed by atoms with Gasteiger partial charge in [0, 0.05) is 30.4 Å². The number of hydrogen-bond acceptors (Lipinski definition) is 10. The van der Waals surface area contributed by atoms with Crippen LogP contribution in [0.4, 0.5) is 23.1 Å². The summed E-state index contributed by atoms with van der Waals surface area (Å²) in [6, 6.07) is 12.6. The molecule has 0 aliphatic heterocycles. The van der Waals surface area contributed by atoms with Gasteiger partial charge in [0.2, 0.25) is 12.2 Å². The average molecular weight is 710 g/mol. The first-order valence-electron chi connectivity index (χ1n) is 13.7. The van der Waals surface area contributed by atoms with Crippen LogP contribution in [-0.2, 0) is 25.0 Å². The maximum atomic E-state index is 12.7. The average Bonchev–Trinajstić information content (AvgIpc) is 3.36. The number of carbonyl (C=O) groups is 1. The topological polar surface area (TPSA) is 163 Å². The molecule has 0 unspecified atom stereocenters. The Morgan fingerprint density at radius 2 is 1.96 bits per heavy atom. The molecular formula is C30H30BrClN10O4. The number of carbonyl (C=O) groups excluding carboxylic acids is 1. The summed E-state index contributed by atoms with van der Waals surface area (Å²) in [4.78, 5) is 44.6. The fourth-order valence-corrected chi connectivity index (χ4v) is 4.69. The zero-order chi connectivity index (χ0) is 32.0. The van der Waals surface area contributed by atoms with E-state index in [9.17, 15) is 14.9 Å². The maximum absolute atomic E-state index is 12.7. The molecule has 0 bridgehead atoms. The first kappa shape index (κ1) is 33.9. The number of aryl methyl sites for hydroxylation is 1. The van der Waals surface area contributed by atoms with Crippen molar-refractivity contribution in [3.8, 4) is 5.75 Å². The Kier molecular flexibility index (Phi) is 10.9. The van der Waals surface area contributed by atoms with E-state index in [0.29, 0.717) is 62.3 Å². The van der Waals surface area contributed by atoms with Gasteiger partial charge in [-0.1, -0.05) is 17.7 Å². The number of aromatic nitrogens is 6. The molecular weight excluding hydrogens is 680 g/mol. The number of nitrogens with zero attached hydrogens (tertiary/aromatic N) is 8. The number of nitrogens with one attached hydrogen (secondary N) is 2. The van der Waals surface area contributed by atoms with E-state index in [1.54, 1.807) is 48.3 Å². The highest BCUT2D eigenvalue weighted by atomic mass is 79.9. The van der Waals surface area contributed by atoms with Crippen molar-refractivity contribution in [2.75, 3.05) is 31.3 Å². The van der Waals surface area contributed by atoms with Gasteiger partial charge in [0.25, 0.3) is 0 Å². The third-order valence-corrected chi connectivity index (χ3v) is 7.02. The zero-order valence-corrected chi connectivity index (χ0v) is 27.4. The molecule has 4 aromatic heterocycles. The minimum absolute atomic E-state index is 0. The summed E-state index contributed by atoms with van der Waals surface area (Å²) < 4.78 is 7.81. The summed E-state index contributed by atoms with van der Waals surface area (Å²) in [7, 11) is 5.54. The molecule has 0 radical (unpaired) electrons. The van der Waals surface area contributed by atoms with E-state index >= 15 is 0 Å². The molecule has 1 aromatic carbocycles. The quantitative estimate of drug-likeness (QED) is 0.0846. The molecule has 0 saturated heterocycles.